The number of H-pyrrole nitrogens is 1. The molecule has 1 aliphatic rings. The number of anilines is 1. The largest absolute Gasteiger partial charge is 0.363 e. The monoisotopic (exact) mass is 266 g/mol. The van der Waals surface area contributed by atoms with Crippen LogP contribution in [-0.4, -0.2) is 21.4 Å². The van der Waals surface area contributed by atoms with Crippen LogP contribution in [-0.2, 0) is 0 Å². The van der Waals surface area contributed by atoms with E-state index in [9.17, 15) is 0 Å². The molecule has 2 N–H and O–H groups in total. The molecule has 2 heterocycles. The Morgan fingerprint density at radius 2 is 2.06 bits per heavy atom. The van der Waals surface area contributed by atoms with Gasteiger partial charge in [-0.05, 0) is 12.1 Å². The first-order valence-electron chi connectivity index (χ1n) is 5.03. The number of nitrogens with zero attached hydrogens (tertiary/aromatic N) is 2. The number of para-hydroxylation sites is 2. The zero-order valence-corrected chi connectivity index (χ0v) is 10.1. The number of aromatic amines is 1. The van der Waals surface area contributed by atoms with Gasteiger partial charge in [0.25, 0.3) is 0 Å². The normalized spacial score (nSPS) is 18.2. The van der Waals surface area contributed by atoms with E-state index in [-0.39, 0.29) is 0 Å². The minimum Gasteiger partial charge on any atom is -0.363 e. The summed E-state index contributed by atoms with van der Waals surface area (Å²) in [6.45, 7) is 0. The summed E-state index contributed by atoms with van der Waals surface area (Å²) in [5.74, 6) is 0. The summed E-state index contributed by atoms with van der Waals surface area (Å²) in [6.07, 6.45) is 0. The van der Waals surface area contributed by atoms with Crippen molar-refractivity contribution in [1.29, 1.82) is 0 Å². The second-order valence-corrected chi connectivity index (χ2v) is 4.47. The van der Waals surface area contributed by atoms with E-state index >= 15 is 0 Å². The van der Waals surface area contributed by atoms with E-state index in [0.29, 0.717) is 16.6 Å². The zero-order valence-electron chi connectivity index (χ0n) is 8.61. The van der Waals surface area contributed by atoms with Gasteiger partial charge in [0.2, 0.25) is 0 Å². The van der Waals surface area contributed by atoms with Crippen molar-refractivity contribution in [1.82, 2.24) is 10.2 Å². The molecule has 6 heteroatoms. The molecular formula is C11H8Cl2N4. The molecule has 1 atom stereocenters. The van der Waals surface area contributed by atoms with Gasteiger partial charge in [0.05, 0.1) is 11.4 Å². The number of rotatable bonds is 1. The van der Waals surface area contributed by atoms with Crippen LogP contribution in [0.4, 0.5) is 11.4 Å². The molecule has 0 fully saturated rings. The van der Waals surface area contributed by atoms with E-state index < -0.39 is 5.50 Å². The van der Waals surface area contributed by atoms with Gasteiger partial charge >= 0.3 is 0 Å². The zero-order chi connectivity index (χ0) is 11.8. The summed E-state index contributed by atoms with van der Waals surface area (Å²) in [4.78, 5) is 4.49. The number of hydrogen-bond acceptors (Lipinski definition) is 3. The Morgan fingerprint density at radius 1 is 1.24 bits per heavy atom. The second kappa shape index (κ2) is 4.05. The number of hydrogen-bond donors (Lipinski definition) is 2. The van der Waals surface area contributed by atoms with E-state index in [2.05, 4.69) is 20.5 Å². The van der Waals surface area contributed by atoms with Crippen LogP contribution in [0, 0.1) is 0 Å². The highest BCUT2D eigenvalue weighted by molar-refractivity contribution is 6.37. The quantitative estimate of drug-likeness (QED) is 0.616. The minimum atomic E-state index is -0.413. The minimum absolute atomic E-state index is 0.413. The lowest BCUT2D eigenvalue weighted by Gasteiger charge is -2.21. The topological polar surface area (TPSA) is 53.1 Å². The molecule has 0 bridgehead atoms. The number of fused-ring (bicyclic) bond motifs is 1. The van der Waals surface area contributed by atoms with Crippen molar-refractivity contribution in [3.05, 3.63) is 41.2 Å². The fraction of sp³-hybridized carbons (Fsp3) is 0.0909. The Kier molecular flexibility index (Phi) is 2.53. The number of benzene rings is 1. The fourth-order valence-corrected chi connectivity index (χ4v) is 2.12. The number of aliphatic imine (C=N–C) groups is 1. The Balaban J connectivity index is 2.09. The van der Waals surface area contributed by atoms with Gasteiger partial charge in [0.15, 0.2) is 0 Å². The van der Waals surface area contributed by atoms with Gasteiger partial charge in [-0.25, -0.2) is 4.99 Å². The Hall–Kier alpha value is -1.52. The lowest BCUT2D eigenvalue weighted by molar-refractivity contribution is 1.07. The molecule has 0 radical (unpaired) electrons. The van der Waals surface area contributed by atoms with Gasteiger partial charge in [0, 0.05) is 6.07 Å². The summed E-state index contributed by atoms with van der Waals surface area (Å²) in [5.41, 5.74) is 2.66. The second-order valence-electron chi connectivity index (χ2n) is 3.62. The van der Waals surface area contributed by atoms with Crippen molar-refractivity contribution in [2.75, 3.05) is 5.32 Å². The highest BCUT2D eigenvalue weighted by Crippen LogP contribution is 2.31. The maximum Gasteiger partial charge on any atom is 0.146 e. The van der Waals surface area contributed by atoms with Crippen LogP contribution >= 0.6 is 23.2 Å². The van der Waals surface area contributed by atoms with E-state index in [1.54, 1.807) is 6.07 Å². The predicted molar refractivity (Wildman–Crippen MR) is 69.5 cm³/mol. The van der Waals surface area contributed by atoms with Gasteiger partial charge in [-0.15, -0.1) is 0 Å². The summed E-state index contributed by atoms with van der Waals surface area (Å²) < 4.78 is 0. The van der Waals surface area contributed by atoms with E-state index in [1.165, 1.54) is 0 Å². The molecule has 1 aromatic carbocycles. The highest BCUT2D eigenvalue weighted by atomic mass is 35.5. The van der Waals surface area contributed by atoms with Gasteiger partial charge in [0.1, 0.15) is 22.1 Å². The molecule has 1 aromatic heterocycles. The van der Waals surface area contributed by atoms with Crippen molar-refractivity contribution in [2.24, 2.45) is 4.99 Å². The first kappa shape index (κ1) is 10.6. The van der Waals surface area contributed by atoms with Gasteiger partial charge in [-0.3, -0.25) is 5.10 Å². The van der Waals surface area contributed by atoms with Gasteiger partial charge in [-0.1, -0.05) is 35.3 Å². The maximum atomic E-state index is 6.22. The smallest absolute Gasteiger partial charge is 0.146 e. The molecule has 17 heavy (non-hydrogen) atoms. The molecule has 0 saturated heterocycles. The van der Waals surface area contributed by atoms with Crippen LogP contribution in [0.1, 0.15) is 5.69 Å². The molecule has 1 aliphatic heterocycles. The number of alkyl halides is 1. The molecule has 0 saturated carbocycles. The van der Waals surface area contributed by atoms with E-state index in [1.807, 2.05) is 24.3 Å². The van der Waals surface area contributed by atoms with Crippen molar-refractivity contribution in [3.8, 4) is 0 Å². The lowest BCUT2D eigenvalue weighted by Crippen LogP contribution is -2.27. The van der Waals surface area contributed by atoms with Crippen molar-refractivity contribution < 1.29 is 0 Å². The molecule has 1 unspecified atom stereocenters. The van der Waals surface area contributed by atoms with Crippen molar-refractivity contribution in [3.63, 3.8) is 0 Å². The van der Waals surface area contributed by atoms with Crippen molar-refractivity contribution >= 4 is 40.3 Å². The molecule has 0 amide bonds. The molecule has 2 aromatic rings. The van der Waals surface area contributed by atoms with Crippen LogP contribution in [0.3, 0.4) is 0 Å². The SMILES string of the molecule is Clc1cc(C2=Nc3ccccc3NC2Cl)n[nH]1. The summed E-state index contributed by atoms with van der Waals surface area (Å²) in [7, 11) is 0. The maximum absolute atomic E-state index is 6.22. The number of aromatic nitrogens is 2. The molecular weight excluding hydrogens is 259 g/mol. The lowest BCUT2D eigenvalue weighted by atomic mass is 10.2. The molecule has 0 aliphatic carbocycles. The molecule has 86 valence electrons. The van der Waals surface area contributed by atoms with Gasteiger partial charge in [-0.2, -0.15) is 5.10 Å². The van der Waals surface area contributed by atoms with Crippen LogP contribution < -0.4 is 5.32 Å². The number of halogens is 2. The van der Waals surface area contributed by atoms with Crippen LogP contribution in [0.25, 0.3) is 0 Å². The van der Waals surface area contributed by atoms with Gasteiger partial charge < -0.3 is 5.32 Å². The van der Waals surface area contributed by atoms with Crippen LogP contribution in [0.2, 0.25) is 5.15 Å². The first-order chi connectivity index (χ1) is 8.24. The van der Waals surface area contributed by atoms with Crippen LogP contribution in [0.5, 0.6) is 0 Å². The fourth-order valence-electron chi connectivity index (χ4n) is 1.70. The predicted octanol–water partition coefficient (Wildman–Crippen LogP) is 3.17. The Labute approximate surface area is 108 Å². The number of nitrogens with one attached hydrogen (secondary N) is 2. The summed E-state index contributed by atoms with van der Waals surface area (Å²) in [5, 5.41) is 10.3. The van der Waals surface area contributed by atoms with E-state index in [4.69, 9.17) is 23.2 Å². The third-order valence-electron chi connectivity index (χ3n) is 2.48. The molecule has 3 rings (SSSR count). The first-order valence-corrected chi connectivity index (χ1v) is 5.85. The average molecular weight is 267 g/mol. The third kappa shape index (κ3) is 1.90. The Morgan fingerprint density at radius 3 is 2.82 bits per heavy atom. The Bertz CT molecular complexity index is 591. The summed E-state index contributed by atoms with van der Waals surface area (Å²) in [6, 6.07) is 9.41. The third-order valence-corrected chi connectivity index (χ3v) is 2.99. The van der Waals surface area contributed by atoms with E-state index in [0.717, 1.165) is 11.4 Å². The van der Waals surface area contributed by atoms with Crippen LogP contribution in [0.15, 0.2) is 35.3 Å². The highest BCUT2D eigenvalue weighted by Gasteiger charge is 2.23. The standard InChI is InChI=1S/C11H8Cl2N4/c12-9-5-8(16-17-9)10-11(13)15-7-4-2-1-3-6(7)14-10/h1-5,11,15H,(H,16,17). The molecule has 0 spiro atoms. The molecule has 4 nitrogen and oxygen atoms in total. The van der Waals surface area contributed by atoms with Crippen molar-refractivity contribution in [2.45, 2.75) is 5.50 Å². The average Bonchev–Trinajstić information content (AvgIpc) is 2.75. The summed E-state index contributed by atoms with van der Waals surface area (Å²) >= 11 is 12.0.